The first-order valence-corrected chi connectivity index (χ1v) is 10.1. The predicted molar refractivity (Wildman–Crippen MR) is 114 cm³/mol. The number of rotatable bonds is 5. The van der Waals surface area contributed by atoms with Crippen LogP contribution in [0.5, 0.6) is 11.5 Å². The molecule has 3 nitrogen and oxygen atoms in total. The summed E-state index contributed by atoms with van der Waals surface area (Å²) in [6.45, 7) is 3.83. The Morgan fingerprint density at radius 1 is 0.852 bits per heavy atom. The van der Waals surface area contributed by atoms with Crippen molar-refractivity contribution in [1.82, 2.24) is 0 Å². The Morgan fingerprint density at radius 3 is 2.22 bits per heavy atom. The molecule has 0 aromatic heterocycles. The lowest BCUT2D eigenvalue weighted by Crippen LogP contribution is -2.14. The van der Waals surface area contributed by atoms with Crippen molar-refractivity contribution in [3.05, 3.63) is 81.2 Å². The van der Waals surface area contributed by atoms with E-state index in [0.717, 1.165) is 15.6 Å². The van der Waals surface area contributed by atoms with Crippen molar-refractivity contribution in [2.75, 3.05) is 0 Å². The summed E-state index contributed by atoms with van der Waals surface area (Å²) in [4.78, 5) is 12.7. The lowest BCUT2D eigenvalue weighted by atomic mass is 10.1. The fraction of sp³-hybridized carbons (Fsp3) is 0.136. The van der Waals surface area contributed by atoms with Crippen LogP contribution < -0.4 is 9.47 Å². The molecule has 0 heterocycles. The van der Waals surface area contributed by atoms with Gasteiger partial charge < -0.3 is 9.47 Å². The van der Waals surface area contributed by atoms with E-state index in [1.54, 1.807) is 18.2 Å². The Bertz CT molecular complexity index is 953. The van der Waals surface area contributed by atoms with Gasteiger partial charge in [-0.05, 0) is 71.2 Å². The van der Waals surface area contributed by atoms with Crippen molar-refractivity contribution < 1.29 is 14.3 Å². The monoisotopic (exact) mass is 488 g/mol. The summed E-state index contributed by atoms with van der Waals surface area (Å²) >= 11 is 6.89. The van der Waals surface area contributed by atoms with Crippen molar-refractivity contribution >= 4 is 37.8 Å². The van der Waals surface area contributed by atoms with Gasteiger partial charge in [0.1, 0.15) is 17.1 Å². The van der Waals surface area contributed by atoms with Crippen molar-refractivity contribution in [2.24, 2.45) is 0 Å². The number of ether oxygens (including phenoxy) is 2. The smallest absolute Gasteiger partial charge is 0.347 e. The Balaban J connectivity index is 1.85. The van der Waals surface area contributed by atoms with Gasteiger partial charge in [-0.2, -0.15) is 0 Å². The summed E-state index contributed by atoms with van der Waals surface area (Å²) in [5, 5.41) is 0. The second-order valence-electron chi connectivity index (χ2n) is 6.21. The molecule has 27 heavy (non-hydrogen) atoms. The molecule has 3 rings (SSSR count). The van der Waals surface area contributed by atoms with Crippen LogP contribution in [-0.2, 0) is 0 Å². The molecule has 0 spiro atoms. The largest absolute Gasteiger partial charge is 0.490 e. The number of esters is 1. The molecule has 3 aromatic carbocycles. The Kier molecular flexibility index (Phi) is 6.34. The average Bonchev–Trinajstić information content (AvgIpc) is 2.65. The zero-order valence-electron chi connectivity index (χ0n) is 14.9. The first-order chi connectivity index (χ1) is 12.9. The zero-order chi connectivity index (χ0) is 19.4. The van der Waals surface area contributed by atoms with E-state index in [1.165, 1.54) is 0 Å². The molecule has 3 aromatic rings. The van der Waals surface area contributed by atoms with Crippen molar-refractivity contribution in [3.63, 3.8) is 0 Å². The number of benzene rings is 3. The van der Waals surface area contributed by atoms with Gasteiger partial charge in [0.2, 0.25) is 0 Å². The maximum absolute atomic E-state index is 12.7. The fourth-order valence-electron chi connectivity index (χ4n) is 2.57. The number of hydrogen-bond acceptors (Lipinski definition) is 3. The highest BCUT2D eigenvalue weighted by molar-refractivity contribution is 9.10. The highest BCUT2D eigenvalue weighted by Crippen LogP contribution is 2.32. The van der Waals surface area contributed by atoms with Crippen LogP contribution >= 0.6 is 31.9 Å². The first-order valence-electron chi connectivity index (χ1n) is 8.47. The summed E-state index contributed by atoms with van der Waals surface area (Å²) in [6.07, 6.45) is -0.0467. The lowest BCUT2D eigenvalue weighted by molar-refractivity contribution is 0.0727. The molecular weight excluding hydrogens is 472 g/mol. The van der Waals surface area contributed by atoms with Crippen LogP contribution in [0.2, 0.25) is 0 Å². The van der Waals surface area contributed by atoms with Gasteiger partial charge >= 0.3 is 5.97 Å². The maximum Gasteiger partial charge on any atom is 0.347 e. The van der Waals surface area contributed by atoms with Crippen LogP contribution in [0.1, 0.15) is 24.2 Å². The van der Waals surface area contributed by atoms with Gasteiger partial charge in [-0.1, -0.05) is 52.3 Å². The summed E-state index contributed by atoms with van der Waals surface area (Å²) in [6, 6.07) is 20.9. The van der Waals surface area contributed by atoms with E-state index in [-0.39, 0.29) is 6.10 Å². The average molecular weight is 490 g/mol. The number of hydrogen-bond donors (Lipinski definition) is 0. The molecule has 0 aliphatic carbocycles. The van der Waals surface area contributed by atoms with Gasteiger partial charge in [0.05, 0.1) is 10.6 Å². The van der Waals surface area contributed by atoms with E-state index in [2.05, 4.69) is 31.9 Å². The van der Waals surface area contributed by atoms with Crippen LogP contribution in [-0.4, -0.2) is 12.1 Å². The second-order valence-corrected chi connectivity index (χ2v) is 7.98. The molecule has 0 atom stereocenters. The minimum absolute atomic E-state index is 0.0467. The molecule has 0 aliphatic rings. The van der Waals surface area contributed by atoms with E-state index < -0.39 is 5.97 Å². The van der Waals surface area contributed by atoms with E-state index in [4.69, 9.17) is 9.47 Å². The van der Waals surface area contributed by atoms with Crippen LogP contribution in [0.15, 0.2) is 75.7 Å². The molecule has 0 fully saturated rings. The molecule has 0 saturated heterocycles. The van der Waals surface area contributed by atoms with Gasteiger partial charge in [-0.25, -0.2) is 4.79 Å². The standard InChI is InChI=1S/C22H18Br2O3/c1-14(2)26-20-11-9-17(23)13-18(20)22(25)27-21-10-8-16(12-19(21)24)15-6-4-3-5-7-15/h3-14H,1-2H3. The molecule has 5 heteroatoms. The third kappa shape index (κ3) is 4.99. The van der Waals surface area contributed by atoms with Gasteiger partial charge in [-0.15, -0.1) is 0 Å². The topological polar surface area (TPSA) is 35.5 Å². The van der Waals surface area contributed by atoms with Gasteiger partial charge in [-0.3, -0.25) is 0 Å². The number of halogens is 2. The third-order valence-electron chi connectivity index (χ3n) is 3.77. The summed E-state index contributed by atoms with van der Waals surface area (Å²) in [5.41, 5.74) is 2.50. The molecule has 0 N–H and O–H groups in total. The molecule has 0 bridgehead atoms. The molecule has 0 radical (unpaired) electrons. The SMILES string of the molecule is CC(C)Oc1ccc(Br)cc1C(=O)Oc1ccc(-c2ccccc2)cc1Br. The van der Waals surface area contributed by atoms with E-state index in [1.807, 2.05) is 62.4 Å². The fourth-order valence-corrected chi connectivity index (χ4v) is 3.39. The molecule has 0 aliphatic heterocycles. The van der Waals surface area contributed by atoms with Crippen LogP contribution in [0, 0.1) is 0 Å². The maximum atomic E-state index is 12.7. The first kappa shape index (κ1) is 19.6. The zero-order valence-corrected chi connectivity index (χ0v) is 18.1. The number of carbonyl (C=O) groups is 1. The highest BCUT2D eigenvalue weighted by Gasteiger charge is 2.18. The van der Waals surface area contributed by atoms with Crippen LogP contribution in [0.4, 0.5) is 0 Å². The Hall–Kier alpha value is -2.11. The number of carbonyl (C=O) groups excluding carboxylic acids is 1. The summed E-state index contributed by atoms with van der Waals surface area (Å²) < 4.78 is 12.8. The minimum atomic E-state index is -0.472. The van der Waals surface area contributed by atoms with E-state index in [0.29, 0.717) is 21.5 Å². The Morgan fingerprint density at radius 2 is 1.56 bits per heavy atom. The molecule has 138 valence electrons. The van der Waals surface area contributed by atoms with Crippen LogP contribution in [0.25, 0.3) is 11.1 Å². The van der Waals surface area contributed by atoms with Gasteiger partial charge in [0.25, 0.3) is 0 Å². The lowest BCUT2D eigenvalue weighted by Gasteiger charge is -2.14. The molecule has 0 saturated carbocycles. The molecular formula is C22H18Br2O3. The van der Waals surface area contributed by atoms with Crippen LogP contribution in [0.3, 0.4) is 0 Å². The van der Waals surface area contributed by atoms with E-state index >= 15 is 0 Å². The summed E-state index contributed by atoms with van der Waals surface area (Å²) in [7, 11) is 0. The van der Waals surface area contributed by atoms with Gasteiger partial charge in [0.15, 0.2) is 0 Å². The minimum Gasteiger partial charge on any atom is -0.490 e. The summed E-state index contributed by atoms with van der Waals surface area (Å²) in [5.74, 6) is 0.477. The second kappa shape index (κ2) is 8.72. The van der Waals surface area contributed by atoms with Crippen molar-refractivity contribution in [2.45, 2.75) is 20.0 Å². The van der Waals surface area contributed by atoms with Gasteiger partial charge in [0, 0.05) is 4.47 Å². The Labute approximate surface area is 175 Å². The van der Waals surface area contributed by atoms with Crippen molar-refractivity contribution in [1.29, 1.82) is 0 Å². The third-order valence-corrected chi connectivity index (χ3v) is 4.88. The van der Waals surface area contributed by atoms with Crippen molar-refractivity contribution in [3.8, 4) is 22.6 Å². The quantitative estimate of drug-likeness (QED) is 0.289. The molecule has 0 amide bonds. The highest BCUT2D eigenvalue weighted by atomic mass is 79.9. The normalized spacial score (nSPS) is 10.7. The predicted octanol–water partition coefficient (Wildman–Crippen LogP) is 6.89. The van der Waals surface area contributed by atoms with E-state index in [9.17, 15) is 4.79 Å². The molecule has 0 unspecified atom stereocenters.